The fraction of sp³-hybridized carbons (Fsp3) is 1.00. The molecular weight excluding hydrogens is 184 g/mol. The lowest BCUT2D eigenvalue weighted by Crippen LogP contribution is -2.48. The van der Waals surface area contributed by atoms with Crippen LogP contribution in [0.2, 0.25) is 0 Å². The van der Waals surface area contributed by atoms with Crippen molar-refractivity contribution in [2.24, 2.45) is 0 Å². The van der Waals surface area contributed by atoms with Gasteiger partial charge in [0.15, 0.2) is 0 Å². The van der Waals surface area contributed by atoms with E-state index in [9.17, 15) is 0 Å². The largest absolute Gasteiger partial charge is 0.316 e. The highest BCUT2D eigenvalue weighted by molar-refractivity contribution is 4.82. The molecule has 0 aromatic rings. The number of likely N-dealkylation sites (tertiary alicyclic amines) is 1. The molecule has 2 fully saturated rings. The van der Waals surface area contributed by atoms with Gasteiger partial charge in [-0.05, 0) is 39.3 Å². The van der Waals surface area contributed by atoms with Crippen LogP contribution >= 0.6 is 0 Å². The quantitative estimate of drug-likeness (QED) is 0.704. The van der Waals surface area contributed by atoms with Gasteiger partial charge in [-0.1, -0.05) is 25.7 Å². The third-order valence-corrected chi connectivity index (χ3v) is 4.20. The molecule has 0 amide bonds. The molecule has 0 bridgehead atoms. The van der Waals surface area contributed by atoms with Crippen LogP contribution in [0.15, 0.2) is 0 Å². The van der Waals surface area contributed by atoms with Crippen molar-refractivity contribution in [3.8, 4) is 0 Å². The molecule has 1 unspecified atom stereocenters. The number of nitrogens with zero attached hydrogens (tertiary/aromatic N) is 1. The van der Waals surface area contributed by atoms with Gasteiger partial charge in [-0.15, -0.1) is 0 Å². The van der Waals surface area contributed by atoms with Gasteiger partial charge < -0.3 is 5.32 Å². The van der Waals surface area contributed by atoms with E-state index in [-0.39, 0.29) is 0 Å². The molecule has 1 aliphatic heterocycles. The number of piperidine rings is 1. The highest BCUT2D eigenvalue weighted by Crippen LogP contribution is 2.24. The zero-order chi connectivity index (χ0) is 10.5. The standard InChI is InChI=1S/C13H26N2/c1-14-12-7-6-10-15(11-12)13-8-4-2-3-5-9-13/h12-14H,2-11H2,1H3. The van der Waals surface area contributed by atoms with Gasteiger partial charge in [0.25, 0.3) is 0 Å². The number of likely N-dealkylation sites (N-methyl/N-ethyl adjacent to an activating group) is 1. The van der Waals surface area contributed by atoms with Crippen LogP contribution in [0.5, 0.6) is 0 Å². The van der Waals surface area contributed by atoms with Gasteiger partial charge in [-0.2, -0.15) is 0 Å². The molecule has 0 aromatic heterocycles. The second kappa shape index (κ2) is 5.86. The summed E-state index contributed by atoms with van der Waals surface area (Å²) in [5, 5.41) is 3.45. The maximum atomic E-state index is 3.45. The molecule has 2 heteroatoms. The predicted molar refractivity (Wildman–Crippen MR) is 65.1 cm³/mol. The number of rotatable bonds is 2. The molecule has 0 spiro atoms. The van der Waals surface area contributed by atoms with Gasteiger partial charge in [0.05, 0.1) is 0 Å². The molecule has 2 nitrogen and oxygen atoms in total. The first-order chi connectivity index (χ1) is 7.40. The fourth-order valence-electron chi connectivity index (χ4n) is 3.20. The van der Waals surface area contributed by atoms with Gasteiger partial charge in [-0.3, -0.25) is 4.90 Å². The summed E-state index contributed by atoms with van der Waals surface area (Å²) in [6, 6.07) is 1.66. The molecule has 2 aliphatic rings. The average molecular weight is 210 g/mol. The average Bonchev–Trinajstić information content (AvgIpc) is 2.58. The fourth-order valence-corrected chi connectivity index (χ4v) is 3.20. The maximum absolute atomic E-state index is 3.45. The minimum absolute atomic E-state index is 0.752. The molecule has 1 heterocycles. The third-order valence-electron chi connectivity index (χ3n) is 4.20. The summed E-state index contributed by atoms with van der Waals surface area (Å²) in [6.07, 6.45) is 11.5. The Bertz CT molecular complexity index is 173. The van der Waals surface area contributed by atoms with E-state index in [0.717, 1.165) is 12.1 Å². The lowest BCUT2D eigenvalue weighted by Gasteiger charge is -2.38. The predicted octanol–water partition coefficient (Wildman–Crippen LogP) is 2.39. The van der Waals surface area contributed by atoms with Gasteiger partial charge >= 0.3 is 0 Å². The zero-order valence-electron chi connectivity index (χ0n) is 10.2. The Morgan fingerprint density at radius 2 is 1.67 bits per heavy atom. The van der Waals surface area contributed by atoms with Crippen LogP contribution in [-0.2, 0) is 0 Å². The Kier molecular flexibility index (Phi) is 4.45. The van der Waals surface area contributed by atoms with Gasteiger partial charge in [-0.25, -0.2) is 0 Å². The first kappa shape index (κ1) is 11.4. The molecule has 2 rings (SSSR count). The summed E-state index contributed by atoms with van der Waals surface area (Å²) in [7, 11) is 2.11. The summed E-state index contributed by atoms with van der Waals surface area (Å²) in [5.74, 6) is 0. The minimum Gasteiger partial charge on any atom is -0.316 e. The van der Waals surface area contributed by atoms with Crippen molar-refractivity contribution in [1.29, 1.82) is 0 Å². The van der Waals surface area contributed by atoms with Crippen LogP contribution in [0.1, 0.15) is 51.4 Å². The molecule has 1 aliphatic carbocycles. The molecule has 1 saturated heterocycles. The molecule has 0 radical (unpaired) electrons. The zero-order valence-corrected chi connectivity index (χ0v) is 10.2. The van der Waals surface area contributed by atoms with E-state index < -0.39 is 0 Å². The Morgan fingerprint density at radius 1 is 0.933 bits per heavy atom. The topological polar surface area (TPSA) is 15.3 Å². The lowest BCUT2D eigenvalue weighted by atomic mass is 10.00. The van der Waals surface area contributed by atoms with Crippen molar-refractivity contribution in [1.82, 2.24) is 10.2 Å². The monoisotopic (exact) mass is 210 g/mol. The summed E-state index contributed by atoms with van der Waals surface area (Å²) < 4.78 is 0. The van der Waals surface area contributed by atoms with Crippen LogP contribution in [0.25, 0.3) is 0 Å². The SMILES string of the molecule is CNC1CCCN(C2CCCCCC2)C1. The van der Waals surface area contributed by atoms with E-state index in [2.05, 4.69) is 17.3 Å². The van der Waals surface area contributed by atoms with Crippen molar-refractivity contribution in [3.63, 3.8) is 0 Å². The smallest absolute Gasteiger partial charge is 0.0192 e. The van der Waals surface area contributed by atoms with Gasteiger partial charge in [0, 0.05) is 18.6 Å². The van der Waals surface area contributed by atoms with Crippen LogP contribution in [0, 0.1) is 0 Å². The first-order valence-electron chi connectivity index (χ1n) is 6.81. The van der Waals surface area contributed by atoms with Crippen LogP contribution in [-0.4, -0.2) is 37.1 Å². The van der Waals surface area contributed by atoms with Crippen molar-refractivity contribution < 1.29 is 0 Å². The number of nitrogens with one attached hydrogen (secondary N) is 1. The normalized spacial score (nSPS) is 31.4. The van der Waals surface area contributed by atoms with E-state index in [0.29, 0.717) is 0 Å². The second-order valence-corrected chi connectivity index (χ2v) is 5.27. The van der Waals surface area contributed by atoms with E-state index >= 15 is 0 Å². The summed E-state index contributed by atoms with van der Waals surface area (Å²) in [5.41, 5.74) is 0. The Morgan fingerprint density at radius 3 is 2.33 bits per heavy atom. The van der Waals surface area contributed by atoms with Crippen molar-refractivity contribution in [3.05, 3.63) is 0 Å². The summed E-state index contributed by atoms with van der Waals surface area (Å²) in [6.45, 7) is 2.64. The van der Waals surface area contributed by atoms with Crippen LogP contribution < -0.4 is 5.32 Å². The van der Waals surface area contributed by atoms with Crippen molar-refractivity contribution >= 4 is 0 Å². The van der Waals surface area contributed by atoms with E-state index in [1.807, 2.05) is 0 Å². The van der Waals surface area contributed by atoms with Gasteiger partial charge in [0.1, 0.15) is 0 Å². The Labute approximate surface area is 94.4 Å². The molecule has 88 valence electrons. The highest BCUT2D eigenvalue weighted by atomic mass is 15.2. The van der Waals surface area contributed by atoms with Crippen LogP contribution in [0.3, 0.4) is 0 Å². The number of hydrogen-bond acceptors (Lipinski definition) is 2. The Hall–Kier alpha value is -0.0800. The van der Waals surface area contributed by atoms with E-state index in [4.69, 9.17) is 0 Å². The second-order valence-electron chi connectivity index (χ2n) is 5.27. The third kappa shape index (κ3) is 3.18. The van der Waals surface area contributed by atoms with E-state index in [1.54, 1.807) is 0 Å². The summed E-state index contributed by atoms with van der Waals surface area (Å²) >= 11 is 0. The molecule has 0 aromatic carbocycles. The van der Waals surface area contributed by atoms with Crippen molar-refractivity contribution in [2.45, 2.75) is 63.5 Å². The van der Waals surface area contributed by atoms with Crippen LogP contribution in [0.4, 0.5) is 0 Å². The minimum atomic E-state index is 0.752. The number of hydrogen-bond donors (Lipinski definition) is 1. The molecule has 1 atom stereocenters. The molecule has 1 saturated carbocycles. The molecule has 15 heavy (non-hydrogen) atoms. The summed E-state index contributed by atoms with van der Waals surface area (Å²) in [4.78, 5) is 2.76. The highest BCUT2D eigenvalue weighted by Gasteiger charge is 2.25. The molecular formula is C13H26N2. The van der Waals surface area contributed by atoms with Gasteiger partial charge in [0.2, 0.25) is 0 Å². The molecule has 1 N–H and O–H groups in total. The van der Waals surface area contributed by atoms with Crippen molar-refractivity contribution in [2.75, 3.05) is 20.1 Å². The lowest BCUT2D eigenvalue weighted by molar-refractivity contribution is 0.128. The first-order valence-corrected chi connectivity index (χ1v) is 6.81. The van der Waals surface area contributed by atoms with E-state index in [1.165, 1.54) is 64.5 Å². The maximum Gasteiger partial charge on any atom is 0.0192 e. The Balaban J connectivity index is 1.84.